The Bertz CT molecular complexity index is 2360. The van der Waals surface area contributed by atoms with Gasteiger partial charge in [0.05, 0.1) is 35.1 Å². The van der Waals surface area contributed by atoms with Gasteiger partial charge in [0.15, 0.2) is 5.82 Å². The molecule has 5 heterocycles. The third-order valence-corrected chi connectivity index (χ3v) is 11.0. The van der Waals surface area contributed by atoms with E-state index in [1.165, 1.54) is 23.4 Å². The number of halogens is 1. The van der Waals surface area contributed by atoms with Crippen molar-refractivity contribution in [2.75, 3.05) is 32.1 Å². The van der Waals surface area contributed by atoms with Gasteiger partial charge in [0.1, 0.15) is 5.39 Å². The quantitative estimate of drug-likeness (QED) is 0.238. The first-order chi connectivity index (χ1) is 24.1. The van der Waals surface area contributed by atoms with Crippen molar-refractivity contribution in [2.24, 2.45) is 14.1 Å². The molecule has 0 saturated carbocycles. The average Bonchev–Trinajstić information content (AvgIpc) is 3.84. The Morgan fingerprint density at radius 2 is 1.84 bits per heavy atom. The van der Waals surface area contributed by atoms with E-state index >= 15 is 0 Å². The fraction of sp³-hybridized carbons (Fsp3) is 0.333. The molecule has 0 bridgehead atoms. The summed E-state index contributed by atoms with van der Waals surface area (Å²) in [5.41, 5.74) is 6.38. The minimum atomic E-state index is -0.461. The lowest BCUT2D eigenvalue weighted by Crippen LogP contribution is -2.46. The second kappa shape index (κ2) is 12.0. The molecule has 1 aliphatic carbocycles. The lowest BCUT2D eigenvalue weighted by molar-refractivity contribution is 0.219. The summed E-state index contributed by atoms with van der Waals surface area (Å²) in [6, 6.07) is 13.9. The number of hydrogen-bond donors (Lipinski definition) is 3. The maximum absolute atomic E-state index is 13.2. The molecular formula is C36H36ClN9O4. The summed E-state index contributed by atoms with van der Waals surface area (Å²) >= 11 is 7.22. The molecule has 2 atom stereocenters. The van der Waals surface area contributed by atoms with Crippen LogP contribution in [-0.4, -0.2) is 67.5 Å². The number of pyridine rings is 1. The fourth-order valence-electron chi connectivity index (χ4n) is 7.88. The summed E-state index contributed by atoms with van der Waals surface area (Å²) in [5, 5.41) is 18.5. The number of anilines is 2. The van der Waals surface area contributed by atoms with E-state index < -0.39 is 11.2 Å². The largest absolute Gasteiger partial charge is 0.481 e. The molecule has 256 valence electrons. The molecule has 50 heavy (non-hydrogen) atoms. The zero-order valence-electron chi connectivity index (χ0n) is 28.1. The number of carbonyl (C=O) groups is 1. The van der Waals surface area contributed by atoms with Crippen LogP contribution in [0.1, 0.15) is 35.6 Å². The molecule has 2 amide bonds. The van der Waals surface area contributed by atoms with Crippen LogP contribution in [0.4, 0.5) is 16.3 Å². The molecule has 3 aromatic heterocycles. The number of carbonyl (C=O) groups excluding carboxylic acids is 1. The normalized spacial score (nSPS) is 19.9. The van der Waals surface area contributed by atoms with Gasteiger partial charge in [-0.15, -0.1) is 5.10 Å². The van der Waals surface area contributed by atoms with E-state index in [0.717, 1.165) is 70.4 Å². The number of urea groups is 1. The number of amides is 2. The summed E-state index contributed by atoms with van der Waals surface area (Å²) in [6.07, 6.45) is 4.15. The zero-order chi connectivity index (χ0) is 34.9. The van der Waals surface area contributed by atoms with Crippen LogP contribution < -0.4 is 31.9 Å². The standard InChI is InChI=1S/C36H36ClN9O4/c1-19-21(7-6-10-24(19)40-31-29-27(16-39-43-31)44(2)35(49)45(3)33(29)47)22-8-5-9-23(30(22)37)25-15-20-11-12-26(28(20)32(41-25)50-4)46-14-13-36(18-46)17-38-34(48)42-36/h5-10,15-16,26H,11-14,17-18H2,1-4H3,(H,40,43)(H2,38,42,48). The minimum absolute atomic E-state index is 0.0971. The molecule has 2 unspecified atom stereocenters. The summed E-state index contributed by atoms with van der Waals surface area (Å²) in [6.45, 7) is 4.29. The first-order valence-electron chi connectivity index (χ1n) is 16.5. The molecule has 2 aliphatic heterocycles. The van der Waals surface area contributed by atoms with Crippen LogP contribution in [0.5, 0.6) is 5.88 Å². The number of aromatic nitrogens is 5. The second-order valence-corrected chi connectivity index (χ2v) is 13.8. The molecule has 1 spiro atoms. The summed E-state index contributed by atoms with van der Waals surface area (Å²) in [5.74, 6) is 0.846. The maximum Gasteiger partial charge on any atom is 0.330 e. The van der Waals surface area contributed by atoms with Gasteiger partial charge in [0.2, 0.25) is 5.88 Å². The first kappa shape index (κ1) is 32.0. The lowest BCUT2D eigenvalue weighted by atomic mass is 9.96. The van der Waals surface area contributed by atoms with Gasteiger partial charge in [-0.3, -0.25) is 18.8 Å². The lowest BCUT2D eigenvalue weighted by Gasteiger charge is -2.28. The summed E-state index contributed by atoms with van der Waals surface area (Å²) < 4.78 is 8.36. The molecule has 3 N–H and O–H groups in total. The number of nitrogens with one attached hydrogen (secondary N) is 3. The van der Waals surface area contributed by atoms with Crippen LogP contribution in [0.3, 0.4) is 0 Å². The van der Waals surface area contributed by atoms with E-state index in [1.54, 1.807) is 14.2 Å². The molecule has 2 saturated heterocycles. The number of fused-ring (bicyclic) bond motifs is 2. The Kier molecular flexibility index (Phi) is 7.64. The number of rotatable bonds is 6. The molecule has 2 fully saturated rings. The Morgan fingerprint density at radius 1 is 1.06 bits per heavy atom. The number of likely N-dealkylation sites (tertiary alicyclic amines) is 1. The predicted octanol–water partition coefficient (Wildman–Crippen LogP) is 4.21. The third-order valence-electron chi connectivity index (χ3n) is 10.5. The summed E-state index contributed by atoms with van der Waals surface area (Å²) in [7, 11) is 4.69. The molecule has 8 rings (SSSR count). The predicted molar refractivity (Wildman–Crippen MR) is 191 cm³/mol. The van der Waals surface area contributed by atoms with Crippen LogP contribution in [0.25, 0.3) is 33.3 Å². The zero-order valence-corrected chi connectivity index (χ0v) is 28.9. The Balaban J connectivity index is 1.13. The Hall–Kier alpha value is -5.27. The maximum atomic E-state index is 13.2. The van der Waals surface area contributed by atoms with Crippen molar-refractivity contribution in [3.05, 3.63) is 91.2 Å². The van der Waals surface area contributed by atoms with Crippen LogP contribution in [0, 0.1) is 6.92 Å². The topological polar surface area (TPSA) is 148 Å². The van der Waals surface area contributed by atoms with Gasteiger partial charge in [-0.25, -0.2) is 14.6 Å². The molecule has 0 radical (unpaired) electrons. The van der Waals surface area contributed by atoms with E-state index in [1.807, 2.05) is 43.3 Å². The number of nitrogens with zero attached hydrogens (tertiary/aromatic N) is 6. The van der Waals surface area contributed by atoms with E-state index in [9.17, 15) is 14.4 Å². The van der Waals surface area contributed by atoms with Crippen molar-refractivity contribution < 1.29 is 9.53 Å². The first-order valence-corrected chi connectivity index (χ1v) is 16.9. The van der Waals surface area contributed by atoms with Gasteiger partial charge in [-0.1, -0.05) is 41.9 Å². The van der Waals surface area contributed by atoms with Crippen molar-refractivity contribution >= 4 is 40.0 Å². The monoisotopic (exact) mass is 693 g/mol. The van der Waals surface area contributed by atoms with Crippen molar-refractivity contribution in [1.82, 2.24) is 39.8 Å². The van der Waals surface area contributed by atoms with Crippen molar-refractivity contribution in [1.29, 1.82) is 0 Å². The molecule has 2 aromatic carbocycles. The SMILES string of the molecule is COc1nc(-c2cccc(-c3cccc(Nc4nncc5c4c(=O)n(C)c(=O)n5C)c3C)c2Cl)cc2c1C(N1CCC3(CNC(=O)N3)C1)CC2. The minimum Gasteiger partial charge on any atom is -0.481 e. The van der Waals surface area contributed by atoms with E-state index in [-0.39, 0.29) is 28.8 Å². The highest BCUT2D eigenvalue weighted by molar-refractivity contribution is 6.36. The van der Waals surface area contributed by atoms with Gasteiger partial charge in [0, 0.05) is 62.1 Å². The van der Waals surface area contributed by atoms with Crippen molar-refractivity contribution in [2.45, 2.75) is 37.8 Å². The van der Waals surface area contributed by atoms with E-state index in [4.69, 9.17) is 21.3 Å². The van der Waals surface area contributed by atoms with Crippen molar-refractivity contribution in [3.8, 4) is 28.3 Å². The summed E-state index contributed by atoms with van der Waals surface area (Å²) in [4.78, 5) is 45.1. The molecule has 3 aliphatic rings. The highest BCUT2D eigenvalue weighted by Crippen LogP contribution is 2.46. The van der Waals surface area contributed by atoms with E-state index in [2.05, 4.69) is 37.1 Å². The van der Waals surface area contributed by atoms with Crippen LogP contribution >= 0.6 is 11.6 Å². The molecule has 13 nitrogen and oxygen atoms in total. The highest BCUT2D eigenvalue weighted by Gasteiger charge is 2.46. The Morgan fingerprint density at radius 3 is 2.62 bits per heavy atom. The highest BCUT2D eigenvalue weighted by atomic mass is 35.5. The fourth-order valence-corrected chi connectivity index (χ4v) is 8.20. The number of methoxy groups -OCH3 is 1. The number of hydrogen-bond acceptors (Lipinski definition) is 9. The van der Waals surface area contributed by atoms with E-state index in [0.29, 0.717) is 28.7 Å². The van der Waals surface area contributed by atoms with Gasteiger partial charge in [-0.05, 0) is 55.0 Å². The number of ether oxygens (including phenoxy) is 1. The molecule has 5 aromatic rings. The third kappa shape index (κ3) is 5.02. The average molecular weight is 694 g/mol. The van der Waals surface area contributed by atoms with Gasteiger partial charge < -0.3 is 20.7 Å². The van der Waals surface area contributed by atoms with Gasteiger partial charge >= 0.3 is 11.7 Å². The Labute approximate surface area is 292 Å². The van der Waals surface area contributed by atoms with Crippen LogP contribution in [-0.2, 0) is 20.5 Å². The molecular weight excluding hydrogens is 658 g/mol. The van der Waals surface area contributed by atoms with Gasteiger partial charge in [-0.2, -0.15) is 5.10 Å². The van der Waals surface area contributed by atoms with Crippen molar-refractivity contribution in [3.63, 3.8) is 0 Å². The number of benzene rings is 2. The van der Waals surface area contributed by atoms with Crippen LogP contribution in [0.15, 0.2) is 58.3 Å². The number of aryl methyl sites for hydroxylation is 2. The molecule has 14 heteroatoms. The van der Waals surface area contributed by atoms with Crippen LogP contribution in [0.2, 0.25) is 5.02 Å². The second-order valence-electron chi connectivity index (χ2n) is 13.4. The smallest absolute Gasteiger partial charge is 0.330 e. The van der Waals surface area contributed by atoms with Gasteiger partial charge in [0.25, 0.3) is 5.56 Å².